The molecule has 0 aliphatic rings. The Morgan fingerprint density at radius 2 is 2.10 bits per heavy atom. The van der Waals surface area contributed by atoms with Crippen LogP contribution < -0.4 is 0 Å². The quantitative estimate of drug-likeness (QED) is 0.785. The maximum Gasteiger partial charge on any atom is 0.337 e. The molecule has 0 saturated carbocycles. The monoisotopic (exact) mass is 290 g/mol. The minimum absolute atomic E-state index is 0.0642. The lowest BCUT2D eigenvalue weighted by Crippen LogP contribution is -2.03. The van der Waals surface area contributed by atoms with Gasteiger partial charge in [0.15, 0.2) is 0 Å². The van der Waals surface area contributed by atoms with Crippen molar-refractivity contribution in [3.05, 3.63) is 59.1 Å². The summed E-state index contributed by atoms with van der Waals surface area (Å²) in [5, 5.41) is 9.50. The Balaban J connectivity index is 2.34. The van der Waals surface area contributed by atoms with Crippen LogP contribution in [0.4, 0.5) is 4.39 Å². The summed E-state index contributed by atoms with van der Waals surface area (Å²) in [7, 11) is 0. The van der Waals surface area contributed by atoms with E-state index in [1.807, 2.05) is 0 Å². The number of benzene rings is 2. The van der Waals surface area contributed by atoms with E-state index in [9.17, 15) is 14.3 Å². The first kappa shape index (κ1) is 12.6. The standard InChI is InChI=1S/C14H8ClFN2O2/c15-8-4-5-12(10(16)6-8)18-7-17-11-3-1-2-9(13(11)18)14(19)20/h1-7H,(H,19,20). The van der Waals surface area contributed by atoms with E-state index in [-0.39, 0.29) is 16.3 Å². The molecular formula is C14H8ClFN2O2. The van der Waals surface area contributed by atoms with Gasteiger partial charge in [-0.1, -0.05) is 17.7 Å². The van der Waals surface area contributed by atoms with Crippen molar-refractivity contribution >= 4 is 28.6 Å². The van der Waals surface area contributed by atoms with E-state index in [0.717, 1.165) is 0 Å². The van der Waals surface area contributed by atoms with Gasteiger partial charge in [0, 0.05) is 5.02 Å². The van der Waals surface area contributed by atoms with Crippen LogP contribution in [0.25, 0.3) is 16.7 Å². The third kappa shape index (κ3) is 1.92. The molecule has 2 aromatic carbocycles. The Labute approximate surface area is 118 Å². The van der Waals surface area contributed by atoms with Gasteiger partial charge >= 0.3 is 5.97 Å². The van der Waals surface area contributed by atoms with Crippen molar-refractivity contribution in [2.75, 3.05) is 0 Å². The van der Waals surface area contributed by atoms with Crippen molar-refractivity contribution in [1.82, 2.24) is 9.55 Å². The third-order valence-corrected chi connectivity index (χ3v) is 3.20. The Hall–Kier alpha value is -2.40. The van der Waals surface area contributed by atoms with Crippen LogP contribution in [0.15, 0.2) is 42.7 Å². The van der Waals surface area contributed by atoms with E-state index in [4.69, 9.17) is 11.6 Å². The smallest absolute Gasteiger partial charge is 0.337 e. The number of fused-ring (bicyclic) bond motifs is 1. The number of para-hydroxylation sites is 1. The first-order valence-corrected chi connectivity index (χ1v) is 6.10. The molecule has 0 atom stereocenters. The molecule has 0 saturated heterocycles. The highest BCUT2D eigenvalue weighted by Gasteiger charge is 2.16. The van der Waals surface area contributed by atoms with Gasteiger partial charge in [-0.05, 0) is 30.3 Å². The van der Waals surface area contributed by atoms with Crippen molar-refractivity contribution < 1.29 is 14.3 Å². The van der Waals surface area contributed by atoms with E-state index in [0.29, 0.717) is 11.0 Å². The molecule has 3 aromatic rings. The zero-order valence-corrected chi connectivity index (χ0v) is 10.8. The summed E-state index contributed by atoms with van der Waals surface area (Å²) in [6, 6.07) is 8.92. The van der Waals surface area contributed by atoms with Gasteiger partial charge < -0.3 is 5.11 Å². The molecule has 1 N–H and O–H groups in total. The van der Waals surface area contributed by atoms with Crippen molar-refractivity contribution in [2.24, 2.45) is 0 Å². The molecule has 1 aromatic heterocycles. The lowest BCUT2D eigenvalue weighted by atomic mass is 10.1. The number of carbonyl (C=O) groups is 1. The van der Waals surface area contributed by atoms with E-state index in [1.54, 1.807) is 12.1 Å². The van der Waals surface area contributed by atoms with Crippen molar-refractivity contribution in [1.29, 1.82) is 0 Å². The first-order chi connectivity index (χ1) is 9.58. The lowest BCUT2D eigenvalue weighted by molar-refractivity contribution is 0.0698. The zero-order chi connectivity index (χ0) is 14.3. The van der Waals surface area contributed by atoms with Gasteiger partial charge in [0.05, 0.1) is 22.3 Å². The highest BCUT2D eigenvalue weighted by Crippen LogP contribution is 2.25. The van der Waals surface area contributed by atoms with E-state index in [2.05, 4.69) is 4.98 Å². The molecule has 3 rings (SSSR count). The summed E-state index contributed by atoms with van der Waals surface area (Å²) in [6.45, 7) is 0. The second kappa shape index (κ2) is 4.61. The predicted octanol–water partition coefficient (Wildman–Crippen LogP) is 3.52. The number of hydrogen-bond donors (Lipinski definition) is 1. The van der Waals surface area contributed by atoms with Crippen LogP contribution in [0.3, 0.4) is 0 Å². The van der Waals surface area contributed by atoms with Crippen molar-refractivity contribution in [3.63, 3.8) is 0 Å². The molecule has 0 bridgehead atoms. The van der Waals surface area contributed by atoms with Crippen LogP contribution in [0.1, 0.15) is 10.4 Å². The van der Waals surface area contributed by atoms with Crippen LogP contribution in [0.5, 0.6) is 0 Å². The number of imidazole rings is 1. The highest BCUT2D eigenvalue weighted by molar-refractivity contribution is 6.30. The average Bonchev–Trinajstić information content (AvgIpc) is 2.82. The van der Waals surface area contributed by atoms with Gasteiger partial charge in [-0.2, -0.15) is 0 Å². The summed E-state index contributed by atoms with van der Waals surface area (Å²) < 4.78 is 15.4. The summed E-state index contributed by atoms with van der Waals surface area (Å²) in [5.74, 6) is -1.64. The van der Waals surface area contributed by atoms with Crippen molar-refractivity contribution in [2.45, 2.75) is 0 Å². The number of rotatable bonds is 2. The summed E-state index contributed by atoms with van der Waals surface area (Å²) >= 11 is 5.72. The molecule has 0 fully saturated rings. The van der Waals surface area contributed by atoms with Crippen molar-refractivity contribution in [3.8, 4) is 5.69 Å². The topological polar surface area (TPSA) is 55.1 Å². The molecule has 0 spiro atoms. The predicted molar refractivity (Wildman–Crippen MR) is 73.0 cm³/mol. The van der Waals surface area contributed by atoms with E-state index in [1.165, 1.54) is 35.2 Å². The van der Waals surface area contributed by atoms with E-state index >= 15 is 0 Å². The second-order valence-electron chi connectivity index (χ2n) is 4.19. The molecule has 0 radical (unpaired) electrons. The maximum atomic E-state index is 14.0. The highest BCUT2D eigenvalue weighted by atomic mass is 35.5. The van der Waals surface area contributed by atoms with E-state index < -0.39 is 11.8 Å². The Kier molecular flexibility index (Phi) is 2.91. The minimum atomic E-state index is -1.09. The zero-order valence-electron chi connectivity index (χ0n) is 10.0. The molecule has 1 heterocycles. The molecule has 0 unspecified atom stereocenters. The van der Waals surface area contributed by atoms with Crippen LogP contribution in [0, 0.1) is 5.82 Å². The molecule has 0 amide bonds. The van der Waals surface area contributed by atoms with Crippen LogP contribution >= 0.6 is 11.6 Å². The summed E-state index contributed by atoms with van der Waals surface area (Å²) in [4.78, 5) is 15.4. The fourth-order valence-corrected chi connectivity index (χ4v) is 2.26. The lowest BCUT2D eigenvalue weighted by Gasteiger charge is -2.07. The van der Waals surface area contributed by atoms with Gasteiger partial charge in [0.1, 0.15) is 12.1 Å². The number of halogens is 2. The Morgan fingerprint density at radius 3 is 2.80 bits per heavy atom. The number of aromatic carboxylic acids is 1. The SMILES string of the molecule is O=C(O)c1cccc2ncn(-c3ccc(Cl)cc3F)c12. The minimum Gasteiger partial charge on any atom is -0.478 e. The number of hydrogen-bond acceptors (Lipinski definition) is 2. The van der Waals surface area contributed by atoms with Gasteiger partial charge in [-0.25, -0.2) is 14.2 Å². The normalized spacial score (nSPS) is 10.9. The molecule has 6 heteroatoms. The molecular weight excluding hydrogens is 283 g/mol. The number of nitrogens with zero attached hydrogens (tertiary/aromatic N) is 2. The fourth-order valence-electron chi connectivity index (χ4n) is 2.10. The van der Waals surface area contributed by atoms with Gasteiger partial charge in [0.2, 0.25) is 0 Å². The molecule has 100 valence electrons. The summed E-state index contributed by atoms with van der Waals surface area (Å²) in [6.07, 6.45) is 1.39. The van der Waals surface area contributed by atoms with Gasteiger partial charge in [-0.15, -0.1) is 0 Å². The summed E-state index contributed by atoms with van der Waals surface area (Å²) in [5.41, 5.74) is 1.10. The third-order valence-electron chi connectivity index (χ3n) is 2.97. The second-order valence-corrected chi connectivity index (χ2v) is 4.63. The largest absolute Gasteiger partial charge is 0.478 e. The maximum absolute atomic E-state index is 14.0. The Morgan fingerprint density at radius 1 is 1.30 bits per heavy atom. The van der Waals surface area contributed by atoms with Gasteiger partial charge in [0.25, 0.3) is 0 Å². The van der Waals surface area contributed by atoms with Crippen LogP contribution in [-0.2, 0) is 0 Å². The van der Waals surface area contributed by atoms with Gasteiger partial charge in [-0.3, -0.25) is 4.57 Å². The van der Waals surface area contributed by atoms with Crippen LogP contribution in [-0.4, -0.2) is 20.6 Å². The number of carboxylic acid groups (broad SMARTS) is 1. The molecule has 4 nitrogen and oxygen atoms in total. The fraction of sp³-hybridized carbons (Fsp3) is 0. The Bertz CT molecular complexity index is 829. The van der Waals surface area contributed by atoms with Crippen LogP contribution in [0.2, 0.25) is 5.02 Å². The first-order valence-electron chi connectivity index (χ1n) is 5.72. The number of aromatic nitrogens is 2. The molecule has 20 heavy (non-hydrogen) atoms. The number of carboxylic acids is 1. The molecule has 0 aliphatic heterocycles. The average molecular weight is 291 g/mol. The molecule has 0 aliphatic carbocycles.